The number of aliphatic imine (C=N–C) groups is 1. The Hall–Kier alpha value is -3.29. The fourth-order valence-electron chi connectivity index (χ4n) is 1.80. The van der Waals surface area contributed by atoms with E-state index >= 15 is 0 Å². The van der Waals surface area contributed by atoms with E-state index in [2.05, 4.69) is 16.9 Å². The summed E-state index contributed by atoms with van der Waals surface area (Å²) >= 11 is 0. The predicted octanol–water partition coefficient (Wildman–Crippen LogP) is 1.60. The van der Waals surface area contributed by atoms with E-state index in [1.54, 1.807) is 20.2 Å². The highest BCUT2D eigenvalue weighted by atomic mass is 16.6. The first-order chi connectivity index (χ1) is 12.3. The number of hydrogen-bond donors (Lipinski definition) is 3. The molecule has 0 saturated heterocycles. The third-order valence-electron chi connectivity index (χ3n) is 3.16. The van der Waals surface area contributed by atoms with Crippen molar-refractivity contribution >= 4 is 18.2 Å². The summed E-state index contributed by atoms with van der Waals surface area (Å²) in [6.07, 6.45) is 4.29. The highest BCUT2D eigenvalue weighted by molar-refractivity contribution is 5.96. The van der Waals surface area contributed by atoms with Crippen LogP contribution in [0.15, 0.2) is 47.5 Å². The van der Waals surface area contributed by atoms with E-state index in [-0.39, 0.29) is 24.1 Å². The molecule has 0 aliphatic heterocycles. The van der Waals surface area contributed by atoms with Crippen molar-refractivity contribution in [1.29, 1.82) is 0 Å². The van der Waals surface area contributed by atoms with Gasteiger partial charge in [0.2, 0.25) is 0 Å². The smallest absolute Gasteiger partial charge is 0.408 e. The van der Waals surface area contributed by atoms with Gasteiger partial charge in [0, 0.05) is 32.4 Å². The van der Waals surface area contributed by atoms with Crippen LogP contribution in [0.25, 0.3) is 0 Å². The molecule has 0 unspecified atom stereocenters. The van der Waals surface area contributed by atoms with Gasteiger partial charge in [-0.05, 0) is 36.3 Å². The summed E-state index contributed by atoms with van der Waals surface area (Å²) in [7, 11) is 3.26. The highest BCUT2D eigenvalue weighted by Crippen LogP contribution is 2.24. The van der Waals surface area contributed by atoms with Gasteiger partial charge in [0.1, 0.15) is 0 Å². The van der Waals surface area contributed by atoms with Crippen molar-refractivity contribution in [2.75, 3.05) is 27.4 Å². The molecule has 0 bridgehead atoms. The van der Waals surface area contributed by atoms with Crippen molar-refractivity contribution in [3.05, 3.63) is 48.1 Å². The molecule has 0 aliphatic carbocycles. The summed E-state index contributed by atoms with van der Waals surface area (Å²) in [5, 5.41) is 21.1. The van der Waals surface area contributed by atoms with Gasteiger partial charge >= 0.3 is 6.09 Å². The van der Waals surface area contributed by atoms with Gasteiger partial charge in [-0.3, -0.25) is 9.79 Å². The van der Waals surface area contributed by atoms with Crippen LogP contribution < -0.4 is 5.32 Å². The number of likely N-dealkylation sites (N-methyl/N-ethyl adjacent to an activating group) is 1. The second-order valence-corrected chi connectivity index (χ2v) is 5.48. The lowest BCUT2D eigenvalue weighted by atomic mass is 10.1. The molecule has 26 heavy (non-hydrogen) atoms. The van der Waals surface area contributed by atoms with Crippen LogP contribution >= 0.6 is 0 Å². The fourth-order valence-corrected chi connectivity index (χ4v) is 1.80. The number of amides is 2. The van der Waals surface area contributed by atoms with Crippen molar-refractivity contribution in [2.45, 2.75) is 6.42 Å². The maximum atomic E-state index is 11.5. The van der Waals surface area contributed by atoms with Gasteiger partial charge in [0.25, 0.3) is 5.91 Å². The standard InChI is InChI=1S/C18H23N3O5/c1-13(17(24)21(2)3)5-4-9-19-12-26-18(25)20-10-8-14-6-7-15(22)16(23)11-14/h4-7,9,11,22-23H,1,8,10,12H2,2-3H3,(H,20,25)/b5-4-,19-9+. The van der Waals surface area contributed by atoms with Crippen LogP contribution in [-0.2, 0) is 16.0 Å². The quantitative estimate of drug-likeness (QED) is 0.282. The Balaban J connectivity index is 2.23. The van der Waals surface area contributed by atoms with E-state index in [0.717, 1.165) is 5.56 Å². The number of hydrogen-bond acceptors (Lipinski definition) is 6. The Bertz CT molecular complexity index is 711. The molecule has 1 aromatic rings. The van der Waals surface area contributed by atoms with E-state index in [1.807, 2.05) is 0 Å². The van der Waals surface area contributed by atoms with E-state index in [0.29, 0.717) is 18.5 Å². The number of allylic oxidation sites excluding steroid dienone is 1. The van der Waals surface area contributed by atoms with Gasteiger partial charge in [0.15, 0.2) is 18.2 Å². The second-order valence-electron chi connectivity index (χ2n) is 5.48. The number of phenols is 2. The SMILES string of the molecule is C=C(/C=C\C=N\COC(=O)NCCc1ccc(O)c(O)c1)C(=O)N(C)C. The number of carbonyl (C=O) groups excluding carboxylic acids is 2. The Labute approximate surface area is 152 Å². The molecule has 0 spiro atoms. The van der Waals surface area contributed by atoms with Crippen molar-refractivity contribution in [3.8, 4) is 11.5 Å². The van der Waals surface area contributed by atoms with Gasteiger partial charge in [-0.2, -0.15) is 0 Å². The molecular formula is C18H23N3O5. The van der Waals surface area contributed by atoms with Crippen molar-refractivity contribution in [3.63, 3.8) is 0 Å². The fraction of sp³-hybridized carbons (Fsp3) is 0.278. The molecule has 2 amide bonds. The van der Waals surface area contributed by atoms with Gasteiger partial charge in [0.05, 0.1) is 0 Å². The topological polar surface area (TPSA) is 111 Å². The molecule has 3 N–H and O–H groups in total. The second kappa shape index (κ2) is 10.5. The summed E-state index contributed by atoms with van der Waals surface area (Å²) in [5.41, 5.74) is 1.08. The van der Waals surface area contributed by atoms with Crippen molar-refractivity contribution in [1.82, 2.24) is 10.2 Å². The Morgan fingerprint density at radius 2 is 2.04 bits per heavy atom. The first-order valence-corrected chi connectivity index (χ1v) is 7.79. The highest BCUT2D eigenvalue weighted by Gasteiger charge is 2.05. The Morgan fingerprint density at radius 1 is 1.31 bits per heavy atom. The van der Waals surface area contributed by atoms with Crippen LogP contribution in [0.4, 0.5) is 4.79 Å². The molecule has 0 saturated carbocycles. The largest absolute Gasteiger partial charge is 0.504 e. The molecule has 8 nitrogen and oxygen atoms in total. The van der Waals surface area contributed by atoms with Crippen molar-refractivity contribution < 1.29 is 24.5 Å². The predicted molar refractivity (Wildman–Crippen MR) is 98.3 cm³/mol. The summed E-state index contributed by atoms with van der Waals surface area (Å²) in [4.78, 5) is 28.3. The van der Waals surface area contributed by atoms with E-state index in [4.69, 9.17) is 4.74 Å². The molecule has 0 aromatic heterocycles. The average molecular weight is 361 g/mol. The lowest BCUT2D eigenvalue weighted by Gasteiger charge is -2.08. The number of nitrogens with one attached hydrogen (secondary N) is 1. The maximum absolute atomic E-state index is 11.5. The summed E-state index contributed by atoms with van der Waals surface area (Å²) in [5.74, 6) is -0.600. The van der Waals surface area contributed by atoms with Crippen LogP contribution in [0, 0.1) is 0 Å². The zero-order valence-electron chi connectivity index (χ0n) is 14.8. The minimum absolute atomic E-state index is 0.162. The first kappa shape index (κ1) is 20.8. The third kappa shape index (κ3) is 7.52. The number of phenolic OH excluding ortho intramolecular Hbond substituents is 2. The summed E-state index contributed by atoms with van der Waals surface area (Å²) in [6, 6.07) is 4.45. The number of benzene rings is 1. The van der Waals surface area contributed by atoms with E-state index in [1.165, 1.54) is 35.4 Å². The monoisotopic (exact) mass is 361 g/mol. The number of aromatic hydroxyl groups is 2. The van der Waals surface area contributed by atoms with Gasteiger partial charge < -0.3 is 25.2 Å². The molecule has 0 heterocycles. The van der Waals surface area contributed by atoms with Crippen LogP contribution in [0.3, 0.4) is 0 Å². The number of nitrogens with zero attached hydrogens (tertiary/aromatic N) is 2. The van der Waals surface area contributed by atoms with Crippen molar-refractivity contribution in [2.24, 2.45) is 4.99 Å². The molecule has 140 valence electrons. The van der Waals surface area contributed by atoms with Gasteiger partial charge in [-0.1, -0.05) is 12.6 Å². The van der Waals surface area contributed by atoms with Crippen LogP contribution in [0.1, 0.15) is 5.56 Å². The van der Waals surface area contributed by atoms with Gasteiger partial charge in [-0.15, -0.1) is 0 Å². The third-order valence-corrected chi connectivity index (χ3v) is 3.16. The molecule has 0 aliphatic rings. The minimum atomic E-state index is -0.624. The molecule has 0 radical (unpaired) electrons. The summed E-state index contributed by atoms with van der Waals surface area (Å²) < 4.78 is 4.85. The number of rotatable bonds is 8. The van der Waals surface area contributed by atoms with Crippen LogP contribution in [0.5, 0.6) is 11.5 Å². The first-order valence-electron chi connectivity index (χ1n) is 7.79. The normalized spacial score (nSPS) is 10.8. The lowest BCUT2D eigenvalue weighted by Crippen LogP contribution is -2.26. The minimum Gasteiger partial charge on any atom is -0.504 e. The van der Waals surface area contributed by atoms with Gasteiger partial charge in [-0.25, -0.2) is 4.79 Å². The van der Waals surface area contributed by atoms with Crippen LogP contribution in [-0.4, -0.2) is 60.7 Å². The molecule has 0 fully saturated rings. The number of ether oxygens (including phenoxy) is 1. The molecule has 8 heteroatoms. The average Bonchev–Trinajstić information content (AvgIpc) is 2.60. The van der Waals surface area contributed by atoms with Crippen LogP contribution in [0.2, 0.25) is 0 Å². The Kier molecular flexibility index (Phi) is 8.42. The van der Waals surface area contributed by atoms with E-state index in [9.17, 15) is 19.8 Å². The number of alkyl carbamates (subject to hydrolysis) is 1. The maximum Gasteiger partial charge on any atom is 0.408 e. The summed E-state index contributed by atoms with van der Waals surface area (Å²) in [6.45, 7) is 3.77. The van der Waals surface area contributed by atoms with E-state index < -0.39 is 6.09 Å². The molecule has 1 aromatic carbocycles. The zero-order chi connectivity index (χ0) is 19.5. The Morgan fingerprint density at radius 3 is 2.69 bits per heavy atom. The molecule has 1 rings (SSSR count). The number of carbonyl (C=O) groups is 2. The molecule has 0 atom stereocenters. The molecular weight excluding hydrogens is 338 g/mol. The lowest BCUT2D eigenvalue weighted by molar-refractivity contribution is -0.124. The zero-order valence-corrected chi connectivity index (χ0v) is 14.8.